The van der Waals surface area contributed by atoms with Gasteiger partial charge in [-0.1, -0.05) is 0 Å². The van der Waals surface area contributed by atoms with Gasteiger partial charge in [0.1, 0.15) is 5.82 Å². The SMILES string of the molecule is CC(C#N)CN(C)c1ccc(F)cc1C=CC(=O)O. The zero-order chi connectivity index (χ0) is 14.4. The lowest BCUT2D eigenvalue weighted by Crippen LogP contribution is -2.23. The van der Waals surface area contributed by atoms with E-state index in [1.165, 1.54) is 18.2 Å². The molecule has 0 aliphatic rings. The predicted molar refractivity (Wildman–Crippen MR) is 71.1 cm³/mol. The normalized spacial score (nSPS) is 12.1. The van der Waals surface area contributed by atoms with Crippen LogP contribution in [0.4, 0.5) is 10.1 Å². The average Bonchev–Trinajstić information content (AvgIpc) is 2.36. The van der Waals surface area contributed by atoms with E-state index in [0.717, 1.165) is 6.08 Å². The molecule has 19 heavy (non-hydrogen) atoms. The fourth-order valence-electron chi connectivity index (χ4n) is 1.72. The number of carboxylic acids is 1. The molecule has 0 fully saturated rings. The lowest BCUT2D eigenvalue weighted by molar-refractivity contribution is -0.131. The summed E-state index contributed by atoms with van der Waals surface area (Å²) >= 11 is 0. The van der Waals surface area contributed by atoms with Crippen molar-refractivity contribution in [3.63, 3.8) is 0 Å². The molecule has 4 nitrogen and oxygen atoms in total. The molecule has 1 aromatic rings. The molecule has 0 heterocycles. The van der Waals surface area contributed by atoms with Gasteiger partial charge in [-0.05, 0) is 31.2 Å². The molecule has 1 rings (SSSR count). The van der Waals surface area contributed by atoms with Crippen molar-refractivity contribution >= 4 is 17.7 Å². The minimum atomic E-state index is -1.09. The Morgan fingerprint density at radius 1 is 1.63 bits per heavy atom. The van der Waals surface area contributed by atoms with Crippen molar-refractivity contribution in [2.45, 2.75) is 6.92 Å². The number of benzene rings is 1. The molecule has 0 radical (unpaired) electrons. The summed E-state index contributed by atoms with van der Waals surface area (Å²) in [6.07, 6.45) is 2.30. The third-order valence-corrected chi connectivity index (χ3v) is 2.57. The van der Waals surface area contributed by atoms with Crippen molar-refractivity contribution in [3.05, 3.63) is 35.7 Å². The zero-order valence-corrected chi connectivity index (χ0v) is 10.8. The molecular formula is C14H15FN2O2. The van der Waals surface area contributed by atoms with Crippen LogP contribution in [-0.2, 0) is 4.79 Å². The summed E-state index contributed by atoms with van der Waals surface area (Å²) in [6.45, 7) is 2.27. The van der Waals surface area contributed by atoms with Gasteiger partial charge in [0, 0.05) is 30.9 Å². The Hall–Kier alpha value is -2.35. The Morgan fingerprint density at radius 2 is 2.32 bits per heavy atom. The van der Waals surface area contributed by atoms with Crippen molar-refractivity contribution in [2.75, 3.05) is 18.5 Å². The largest absolute Gasteiger partial charge is 0.478 e. The van der Waals surface area contributed by atoms with Gasteiger partial charge in [-0.3, -0.25) is 0 Å². The summed E-state index contributed by atoms with van der Waals surface area (Å²) in [6, 6.07) is 6.26. The quantitative estimate of drug-likeness (QED) is 0.828. The maximum atomic E-state index is 13.2. The van der Waals surface area contributed by atoms with Gasteiger partial charge in [-0.25, -0.2) is 9.18 Å². The molecule has 1 atom stereocenters. The van der Waals surface area contributed by atoms with Crippen molar-refractivity contribution in [3.8, 4) is 6.07 Å². The molecule has 0 saturated heterocycles. The van der Waals surface area contributed by atoms with Gasteiger partial charge >= 0.3 is 5.97 Å². The van der Waals surface area contributed by atoms with Gasteiger partial charge in [0.15, 0.2) is 0 Å². The molecular weight excluding hydrogens is 247 g/mol. The third-order valence-electron chi connectivity index (χ3n) is 2.57. The Morgan fingerprint density at radius 3 is 2.89 bits per heavy atom. The first-order valence-electron chi connectivity index (χ1n) is 5.75. The number of nitriles is 1. The third kappa shape index (κ3) is 4.43. The summed E-state index contributed by atoms with van der Waals surface area (Å²) in [5.41, 5.74) is 1.15. The van der Waals surface area contributed by atoms with Crippen LogP contribution < -0.4 is 4.90 Å². The molecule has 0 aliphatic heterocycles. The van der Waals surface area contributed by atoms with Crippen LogP contribution >= 0.6 is 0 Å². The van der Waals surface area contributed by atoms with E-state index < -0.39 is 11.8 Å². The lowest BCUT2D eigenvalue weighted by Gasteiger charge is -2.22. The van der Waals surface area contributed by atoms with Crippen LogP contribution in [0.1, 0.15) is 12.5 Å². The van der Waals surface area contributed by atoms with E-state index in [1.807, 2.05) is 0 Å². The number of carbonyl (C=O) groups is 1. The number of rotatable bonds is 5. The first-order chi connectivity index (χ1) is 8.93. The first kappa shape index (κ1) is 14.7. The molecule has 0 saturated carbocycles. The highest BCUT2D eigenvalue weighted by Gasteiger charge is 2.10. The van der Waals surface area contributed by atoms with E-state index in [-0.39, 0.29) is 5.92 Å². The van der Waals surface area contributed by atoms with E-state index in [1.54, 1.807) is 24.9 Å². The number of aliphatic carboxylic acids is 1. The van der Waals surface area contributed by atoms with Gasteiger partial charge in [0.05, 0.1) is 12.0 Å². The second-order valence-corrected chi connectivity index (χ2v) is 4.29. The molecule has 5 heteroatoms. The van der Waals surface area contributed by atoms with Crippen molar-refractivity contribution in [1.29, 1.82) is 5.26 Å². The topological polar surface area (TPSA) is 64.3 Å². The van der Waals surface area contributed by atoms with E-state index in [4.69, 9.17) is 10.4 Å². The van der Waals surface area contributed by atoms with Gasteiger partial charge in [0.25, 0.3) is 0 Å². The fourth-order valence-corrected chi connectivity index (χ4v) is 1.72. The van der Waals surface area contributed by atoms with Gasteiger partial charge < -0.3 is 10.0 Å². The number of hydrogen-bond acceptors (Lipinski definition) is 3. The van der Waals surface area contributed by atoms with Gasteiger partial charge in [0.2, 0.25) is 0 Å². The number of halogens is 1. The van der Waals surface area contributed by atoms with Crippen molar-refractivity contribution in [1.82, 2.24) is 0 Å². The van der Waals surface area contributed by atoms with Gasteiger partial charge in [-0.15, -0.1) is 0 Å². The molecule has 0 amide bonds. The molecule has 0 bridgehead atoms. The second-order valence-electron chi connectivity index (χ2n) is 4.29. The molecule has 1 aromatic carbocycles. The maximum Gasteiger partial charge on any atom is 0.328 e. The summed E-state index contributed by atoms with van der Waals surface area (Å²) in [4.78, 5) is 12.3. The number of nitrogens with zero attached hydrogens (tertiary/aromatic N) is 2. The average molecular weight is 262 g/mol. The standard InChI is InChI=1S/C14H15FN2O2/c1-10(8-16)9-17(2)13-5-4-12(15)7-11(13)3-6-14(18)19/h3-7,10H,9H2,1-2H3,(H,18,19). The minimum Gasteiger partial charge on any atom is -0.478 e. The summed E-state index contributed by atoms with van der Waals surface area (Å²) < 4.78 is 13.2. The number of anilines is 1. The van der Waals surface area contributed by atoms with Crippen LogP contribution in [0.25, 0.3) is 6.08 Å². The molecule has 0 aliphatic carbocycles. The lowest BCUT2D eigenvalue weighted by atomic mass is 10.1. The van der Waals surface area contributed by atoms with Crippen LogP contribution in [-0.4, -0.2) is 24.7 Å². The molecule has 0 aromatic heterocycles. The summed E-state index contributed by atoms with van der Waals surface area (Å²) in [7, 11) is 1.78. The van der Waals surface area contributed by atoms with E-state index in [0.29, 0.717) is 17.8 Å². The van der Waals surface area contributed by atoms with Crippen LogP contribution in [0.3, 0.4) is 0 Å². The van der Waals surface area contributed by atoms with Crippen LogP contribution in [0.15, 0.2) is 24.3 Å². The van der Waals surface area contributed by atoms with Gasteiger partial charge in [-0.2, -0.15) is 5.26 Å². The van der Waals surface area contributed by atoms with E-state index >= 15 is 0 Å². The fraction of sp³-hybridized carbons (Fsp3) is 0.286. The van der Waals surface area contributed by atoms with Crippen LogP contribution in [0.2, 0.25) is 0 Å². The Bertz CT molecular complexity index is 535. The smallest absolute Gasteiger partial charge is 0.328 e. The zero-order valence-electron chi connectivity index (χ0n) is 10.8. The second kappa shape index (κ2) is 6.55. The van der Waals surface area contributed by atoms with E-state index in [2.05, 4.69) is 6.07 Å². The molecule has 100 valence electrons. The van der Waals surface area contributed by atoms with Crippen LogP contribution in [0, 0.1) is 23.1 Å². The monoisotopic (exact) mass is 262 g/mol. The van der Waals surface area contributed by atoms with Crippen molar-refractivity contribution < 1.29 is 14.3 Å². The Kier molecular flexibility index (Phi) is 5.07. The van der Waals surface area contributed by atoms with Crippen LogP contribution in [0.5, 0.6) is 0 Å². The predicted octanol–water partition coefficient (Wildman–Crippen LogP) is 2.52. The van der Waals surface area contributed by atoms with Crippen molar-refractivity contribution in [2.24, 2.45) is 5.92 Å². The highest BCUT2D eigenvalue weighted by Crippen LogP contribution is 2.23. The summed E-state index contributed by atoms with van der Waals surface area (Å²) in [5, 5.41) is 17.4. The Labute approximate surface area is 111 Å². The highest BCUT2D eigenvalue weighted by atomic mass is 19.1. The highest BCUT2D eigenvalue weighted by molar-refractivity contribution is 5.87. The maximum absolute atomic E-state index is 13.2. The minimum absolute atomic E-state index is 0.175. The summed E-state index contributed by atoms with van der Waals surface area (Å²) in [5.74, 6) is -1.70. The number of hydrogen-bond donors (Lipinski definition) is 1. The number of carboxylic acid groups (broad SMARTS) is 1. The first-order valence-corrected chi connectivity index (χ1v) is 5.75. The molecule has 0 spiro atoms. The molecule has 1 N–H and O–H groups in total. The molecule has 1 unspecified atom stereocenters. The Balaban J connectivity index is 3.06. The van der Waals surface area contributed by atoms with E-state index in [9.17, 15) is 9.18 Å².